The van der Waals surface area contributed by atoms with Gasteiger partial charge in [-0.25, -0.2) is 0 Å². The molecule has 1 atom stereocenters. The first-order valence-corrected chi connectivity index (χ1v) is 9.31. The Balaban J connectivity index is 1.44. The molecule has 0 spiro atoms. The maximum Gasteiger partial charge on any atom is 0.276 e. The summed E-state index contributed by atoms with van der Waals surface area (Å²) in [5.41, 5.74) is 5.48. The highest BCUT2D eigenvalue weighted by Gasteiger charge is 2.27. The van der Waals surface area contributed by atoms with Crippen molar-refractivity contribution in [3.63, 3.8) is 0 Å². The zero-order valence-corrected chi connectivity index (χ0v) is 15.8. The van der Waals surface area contributed by atoms with Gasteiger partial charge in [0.2, 0.25) is 0 Å². The topological polar surface area (TPSA) is 104 Å². The quantitative estimate of drug-likeness (QED) is 0.574. The molecule has 3 heterocycles. The maximum atomic E-state index is 12.7. The Labute approximate surface area is 162 Å². The van der Waals surface area contributed by atoms with Gasteiger partial charge in [0.25, 0.3) is 5.91 Å². The standard InChI is InChI=1S/C20H23N7O/c1-3-4-13(2)11-27-12-16(10-23-27)24-20(28)19-17-6-5-14(7-18(17)25-26-19)15-8-21-22-9-15/h3-4,8-10,12,14H,1,5-7,11H2,2H3,(H,21,22)(H,24,28)(H,25,26). The molecule has 144 valence electrons. The highest BCUT2D eigenvalue weighted by atomic mass is 16.2. The Morgan fingerprint density at radius 2 is 2.36 bits per heavy atom. The molecule has 1 amide bonds. The molecule has 1 aliphatic rings. The fourth-order valence-corrected chi connectivity index (χ4v) is 3.68. The van der Waals surface area contributed by atoms with Crippen molar-refractivity contribution in [3.05, 3.63) is 71.6 Å². The predicted octanol–water partition coefficient (Wildman–Crippen LogP) is 2.99. The van der Waals surface area contributed by atoms with E-state index >= 15 is 0 Å². The number of carbonyl (C=O) groups excluding carboxylic acids is 1. The number of H-pyrrole nitrogens is 2. The van der Waals surface area contributed by atoms with E-state index in [0.29, 0.717) is 23.8 Å². The van der Waals surface area contributed by atoms with E-state index in [2.05, 4.69) is 37.4 Å². The van der Waals surface area contributed by atoms with Crippen LogP contribution in [0.2, 0.25) is 0 Å². The third-order valence-corrected chi connectivity index (χ3v) is 5.06. The second-order valence-electron chi connectivity index (χ2n) is 7.13. The molecule has 0 saturated heterocycles. The summed E-state index contributed by atoms with van der Waals surface area (Å²) in [6, 6.07) is 0. The van der Waals surface area contributed by atoms with Crippen LogP contribution in [0.1, 0.15) is 46.6 Å². The highest BCUT2D eigenvalue weighted by molar-refractivity contribution is 6.03. The summed E-state index contributed by atoms with van der Waals surface area (Å²) in [5, 5.41) is 21.4. The number of fused-ring (bicyclic) bond motifs is 1. The van der Waals surface area contributed by atoms with Crippen molar-refractivity contribution in [3.8, 4) is 0 Å². The number of nitrogens with one attached hydrogen (secondary N) is 3. The van der Waals surface area contributed by atoms with Gasteiger partial charge in [-0.05, 0) is 37.7 Å². The number of aromatic nitrogens is 6. The van der Waals surface area contributed by atoms with Crippen molar-refractivity contribution in [2.24, 2.45) is 0 Å². The Kier molecular flexibility index (Phi) is 4.92. The first-order chi connectivity index (χ1) is 13.6. The number of amides is 1. The lowest BCUT2D eigenvalue weighted by Gasteiger charge is -2.20. The molecule has 8 heteroatoms. The number of nitrogens with zero attached hydrogens (tertiary/aromatic N) is 4. The molecule has 8 nitrogen and oxygen atoms in total. The number of hydrogen-bond acceptors (Lipinski definition) is 4. The van der Waals surface area contributed by atoms with E-state index in [1.54, 1.807) is 17.0 Å². The van der Waals surface area contributed by atoms with Crippen LogP contribution in [0.3, 0.4) is 0 Å². The van der Waals surface area contributed by atoms with Gasteiger partial charge in [-0.2, -0.15) is 15.3 Å². The van der Waals surface area contributed by atoms with Crippen LogP contribution in [0.15, 0.2) is 49.1 Å². The van der Waals surface area contributed by atoms with Crippen molar-refractivity contribution in [2.45, 2.75) is 38.6 Å². The van der Waals surface area contributed by atoms with Crippen LogP contribution in [0.4, 0.5) is 5.69 Å². The number of hydrogen-bond donors (Lipinski definition) is 3. The second kappa shape index (κ2) is 7.67. The summed E-state index contributed by atoms with van der Waals surface area (Å²) < 4.78 is 1.78. The first-order valence-electron chi connectivity index (χ1n) is 9.31. The van der Waals surface area contributed by atoms with E-state index in [9.17, 15) is 4.79 Å². The monoisotopic (exact) mass is 377 g/mol. The van der Waals surface area contributed by atoms with E-state index in [1.807, 2.05) is 31.6 Å². The molecule has 0 fully saturated rings. The molecule has 3 aromatic heterocycles. The molecule has 0 saturated carbocycles. The van der Waals surface area contributed by atoms with Gasteiger partial charge in [-0.1, -0.05) is 24.3 Å². The molecule has 28 heavy (non-hydrogen) atoms. The number of rotatable bonds is 6. The molecule has 4 rings (SSSR count). The van der Waals surface area contributed by atoms with Gasteiger partial charge >= 0.3 is 0 Å². The molecule has 0 bridgehead atoms. The number of allylic oxidation sites excluding steroid dienone is 3. The van der Waals surface area contributed by atoms with Crippen molar-refractivity contribution in [1.29, 1.82) is 0 Å². The van der Waals surface area contributed by atoms with Gasteiger partial charge in [0, 0.05) is 23.7 Å². The van der Waals surface area contributed by atoms with E-state index in [-0.39, 0.29) is 5.91 Å². The molecule has 0 aromatic carbocycles. The second-order valence-corrected chi connectivity index (χ2v) is 7.13. The third kappa shape index (κ3) is 3.66. The number of anilines is 1. The van der Waals surface area contributed by atoms with Crippen LogP contribution in [-0.4, -0.2) is 36.1 Å². The van der Waals surface area contributed by atoms with Crippen molar-refractivity contribution >= 4 is 11.6 Å². The molecule has 3 N–H and O–H groups in total. The largest absolute Gasteiger partial charge is 0.318 e. The number of carbonyl (C=O) groups is 1. The van der Waals surface area contributed by atoms with Crippen LogP contribution in [-0.2, 0) is 19.4 Å². The Hall–Kier alpha value is -3.42. The van der Waals surface area contributed by atoms with E-state index < -0.39 is 0 Å². The Bertz CT molecular complexity index is 1010. The lowest BCUT2D eigenvalue weighted by Crippen LogP contribution is -2.17. The smallest absolute Gasteiger partial charge is 0.276 e. The van der Waals surface area contributed by atoms with Crippen molar-refractivity contribution in [2.75, 3.05) is 5.32 Å². The fourth-order valence-electron chi connectivity index (χ4n) is 3.68. The van der Waals surface area contributed by atoms with E-state index in [0.717, 1.165) is 36.1 Å². The summed E-state index contributed by atoms with van der Waals surface area (Å²) in [6.07, 6.45) is 13.6. The molecular formula is C20H23N7O. The first kappa shape index (κ1) is 18.0. The van der Waals surface area contributed by atoms with E-state index in [1.165, 1.54) is 5.56 Å². The Morgan fingerprint density at radius 3 is 3.14 bits per heavy atom. The molecule has 1 aliphatic carbocycles. The van der Waals surface area contributed by atoms with Crippen LogP contribution < -0.4 is 5.32 Å². The third-order valence-electron chi connectivity index (χ3n) is 5.06. The normalized spacial score (nSPS) is 16.6. The van der Waals surface area contributed by atoms with Gasteiger partial charge < -0.3 is 5.32 Å². The summed E-state index contributed by atoms with van der Waals surface area (Å²) >= 11 is 0. The predicted molar refractivity (Wildman–Crippen MR) is 106 cm³/mol. The lowest BCUT2D eigenvalue weighted by atomic mass is 9.83. The van der Waals surface area contributed by atoms with Crippen LogP contribution in [0.5, 0.6) is 0 Å². The van der Waals surface area contributed by atoms with Crippen molar-refractivity contribution < 1.29 is 4.79 Å². The van der Waals surface area contributed by atoms with Crippen molar-refractivity contribution in [1.82, 2.24) is 30.2 Å². The minimum absolute atomic E-state index is 0.211. The van der Waals surface area contributed by atoms with Gasteiger partial charge in [-0.15, -0.1) is 0 Å². The molecule has 3 aromatic rings. The van der Waals surface area contributed by atoms with Crippen LogP contribution in [0, 0.1) is 0 Å². The van der Waals surface area contributed by atoms with Crippen LogP contribution in [0.25, 0.3) is 0 Å². The lowest BCUT2D eigenvalue weighted by molar-refractivity contribution is 0.102. The highest BCUT2D eigenvalue weighted by Crippen LogP contribution is 2.32. The zero-order chi connectivity index (χ0) is 19.5. The minimum atomic E-state index is -0.211. The maximum absolute atomic E-state index is 12.7. The van der Waals surface area contributed by atoms with Gasteiger partial charge in [-0.3, -0.25) is 19.7 Å². The summed E-state index contributed by atoms with van der Waals surface area (Å²) in [5.74, 6) is 0.185. The van der Waals surface area contributed by atoms with Gasteiger partial charge in [0.1, 0.15) is 0 Å². The Morgan fingerprint density at radius 1 is 1.46 bits per heavy atom. The molecule has 1 unspecified atom stereocenters. The summed E-state index contributed by atoms with van der Waals surface area (Å²) in [4.78, 5) is 12.7. The molecule has 0 aliphatic heterocycles. The molecule has 0 radical (unpaired) electrons. The zero-order valence-electron chi connectivity index (χ0n) is 15.8. The number of aromatic amines is 2. The minimum Gasteiger partial charge on any atom is -0.318 e. The summed E-state index contributed by atoms with van der Waals surface area (Å²) in [6.45, 7) is 6.35. The molecular weight excluding hydrogens is 354 g/mol. The van der Waals surface area contributed by atoms with Crippen LogP contribution >= 0.6 is 0 Å². The van der Waals surface area contributed by atoms with Gasteiger partial charge in [0.05, 0.1) is 24.6 Å². The van der Waals surface area contributed by atoms with E-state index in [4.69, 9.17) is 0 Å². The average Bonchev–Trinajstić information content (AvgIpc) is 3.42. The SMILES string of the molecule is C=CC=C(C)Cn1cc(NC(=O)c2n[nH]c3c2CCC(c2cn[nH]c2)C3)cn1. The fraction of sp³-hybridized carbons (Fsp3) is 0.300. The summed E-state index contributed by atoms with van der Waals surface area (Å²) in [7, 11) is 0. The average molecular weight is 377 g/mol. The van der Waals surface area contributed by atoms with Gasteiger partial charge in [0.15, 0.2) is 5.69 Å².